The van der Waals surface area contributed by atoms with Gasteiger partial charge in [-0.2, -0.15) is 0 Å². The van der Waals surface area contributed by atoms with Crippen LogP contribution in [0.4, 0.5) is 0 Å². The molecule has 0 radical (unpaired) electrons. The lowest BCUT2D eigenvalue weighted by molar-refractivity contribution is -0.226. The van der Waals surface area contributed by atoms with Crippen molar-refractivity contribution in [3.05, 3.63) is 12.2 Å². The Bertz CT molecular complexity index is 1170. The third-order valence-electron chi connectivity index (χ3n) is 10.1. The number of ether oxygens (including phenoxy) is 6. The van der Waals surface area contributed by atoms with Crippen LogP contribution in [-0.2, 0) is 38.0 Å². The molecule has 21 nitrogen and oxygen atoms in total. The van der Waals surface area contributed by atoms with Crippen LogP contribution >= 0.6 is 0 Å². The number of nitrogens with two attached hydrogens (primary N) is 1. The summed E-state index contributed by atoms with van der Waals surface area (Å²) in [6.07, 6.45) is -4.72. The Labute approximate surface area is 345 Å². The highest BCUT2D eigenvalue weighted by atomic mass is 16.6. The Balaban J connectivity index is 0.000000355. The molecule has 19 unspecified atom stereocenters. The largest absolute Gasteiger partial charge is 0.390 e. The van der Waals surface area contributed by atoms with E-state index in [9.17, 15) is 24.9 Å². The molecule has 6 aliphatic heterocycles. The Hall–Kier alpha value is -1.68. The summed E-state index contributed by atoms with van der Waals surface area (Å²) < 4.78 is 29.2. The van der Waals surface area contributed by atoms with Gasteiger partial charge in [-0.25, -0.2) is 0 Å². The second-order valence-corrected chi connectivity index (χ2v) is 15.4. The number of aliphatic hydroxyl groups excluding tert-OH is 11. The third kappa shape index (κ3) is 20.8. The summed E-state index contributed by atoms with van der Waals surface area (Å²) in [5, 5.41) is 99.5. The fraction of sp³-hybridized carbons (Fsp3) is 0.895. The minimum absolute atomic E-state index is 0.0104. The number of likely N-dealkylation sites (N-methyl/N-ethyl adjacent to an activating group) is 1. The first-order valence-corrected chi connectivity index (χ1v) is 19.9. The van der Waals surface area contributed by atoms with Crippen molar-refractivity contribution < 1.29 is 94.2 Å². The van der Waals surface area contributed by atoms with Gasteiger partial charge in [-0.3, -0.25) is 9.59 Å². The summed E-state index contributed by atoms with van der Waals surface area (Å²) in [5.74, 6) is -0.0133. The van der Waals surface area contributed by atoms with Crippen molar-refractivity contribution in [2.45, 2.75) is 203 Å². The molecule has 0 aliphatic carbocycles. The van der Waals surface area contributed by atoms with Crippen molar-refractivity contribution >= 4 is 11.6 Å². The smallest absolute Gasteiger partial charge is 0.184 e. The average molecular weight is 861 g/mol. The molecule has 5 saturated heterocycles. The molecule has 21 heteroatoms. The van der Waals surface area contributed by atoms with Gasteiger partial charge in [-0.05, 0) is 74.2 Å². The van der Waals surface area contributed by atoms with Crippen molar-refractivity contribution in [1.82, 2.24) is 4.90 Å². The van der Waals surface area contributed by atoms with E-state index in [-0.39, 0.29) is 48.4 Å². The second-order valence-electron chi connectivity index (χ2n) is 15.4. The first-order valence-electron chi connectivity index (χ1n) is 19.9. The Kier molecular flexibility index (Phi) is 25.7. The molecule has 348 valence electrons. The predicted molar refractivity (Wildman–Crippen MR) is 206 cm³/mol. The lowest BCUT2D eigenvalue weighted by atomic mass is 9.99. The molecule has 19 atom stereocenters. The van der Waals surface area contributed by atoms with E-state index in [0.717, 1.165) is 0 Å². The maximum atomic E-state index is 10.7. The molecule has 0 saturated carbocycles. The molecule has 0 spiro atoms. The van der Waals surface area contributed by atoms with Crippen LogP contribution in [0.3, 0.4) is 0 Å². The van der Waals surface area contributed by atoms with E-state index < -0.39 is 86.6 Å². The number of aliphatic hydroxyl groups is 11. The number of carbonyl (C=O) groups excluding carboxylic acids is 2. The van der Waals surface area contributed by atoms with E-state index >= 15 is 0 Å². The average Bonchev–Trinajstić information content (AvgIpc) is 3.14. The number of nitrogens with zero attached hydrogens (tertiary/aromatic N) is 1. The highest BCUT2D eigenvalue weighted by Gasteiger charge is 2.36. The molecular formula is C38H72N2O19. The van der Waals surface area contributed by atoms with Crippen LogP contribution in [0.5, 0.6) is 0 Å². The van der Waals surface area contributed by atoms with Crippen LogP contribution in [0.1, 0.15) is 86.5 Å². The van der Waals surface area contributed by atoms with Gasteiger partial charge >= 0.3 is 0 Å². The zero-order valence-corrected chi connectivity index (χ0v) is 35.3. The number of carbonyl (C=O) groups is 2. The van der Waals surface area contributed by atoms with Gasteiger partial charge in [-0.1, -0.05) is 0 Å². The standard InChI is InChI=1S/C8H17NO3.C6H13NO3.C6H12O4.C6H12O3.C6H10O3.C6H8O3/c1-5-8(11)6(9(2)3)4-7(10)12-5;2*1-3-6(9)4(7)2-5(8)10-3;3*1-4-5(7)2-3-6(8)9-4/h5-8,10-11H,4H2,1-3H3;3-6,8-9H,2,7H2,1H3;3-9H,2H2,1H3;4-8H,2-3H2,1H3;4,6,8H,2-3H2,1H3;2-4,6,8H,1H3. The molecule has 0 bridgehead atoms. The van der Waals surface area contributed by atoms with E-state index in [4.69, 9.17) is 75.0 Å². The number of hydrogen-bond donors (Lipinski definition) is 12. The number of ketones is 2. The van der Waals surface area contributed by atoms with Gasteiger partial charge in [-0.15, -0.1) is 0 Å². The minimum atomic E-state index is -0.937. The molecule has 0 aromatic heterocycles. The molecule has 59 heavy (non-hydrogen) atoms. The van der Waals surface area contributed by atoms with Gasteiger partial charge in [0, 0.05) is 50.6 Å². The predicted octanol–water partition coefficient (Wildman–Crippen LogP) is -3.17. The zero-order chi connectivity index (χ0) is 45.3. The fourth-order valence-electron chi connectivity index (χ4n) is 6.14. The van der Waals surface area contributed by atoms with Gasteiger partial charge in [0.15, 0.2) is 49.3 Å². The van der Waals surface area contributed by atoms with Crippen molar-refractivity contribution in [3.8, 4) is 0 Å². The number of rotatable bonds is 1. The summed E-state index contributed by atoms with van der Waals surface area (Å²) in [7, 11) is 3.78. The van der Waals surface area contributed by atoms with E-state index in [1.165, 1.54) is 12.2 Å². The second kappa shape index (κ2) is 27.4. The van der Waals surface area contributed by atoms with Crippen LogP contribution in [0.25, 0.3) is 0 Å². The van der Waals surface area contributed by atoms with E-state index in [1.807, 2.05) is 19.0 Å². The highest BCUT2D eigenvalue weighted by Crippen LogP contribution is 2.22. The van der Waals surface area contributed by atoms with Gasteiger partial charge in [0.2, 0.25) is 0 Å². The molecule has 6 heterocycles. The van der Waals surface area contributed by atoms with Crippen molar-refractivity contribution in [2.24, 2.45) is 5.73 Å². The van der Waals surface area contributed by atoms with E-state index in [1.54, 1.807) is 41.5 Å². The fourth-order valence-corrected chi connectivity index (χ4v) is 6.14. The Morgan fingerprint density at radius 1 is 0.542 bits per heavy atom. The summed E-state index contributed by atoms with van der Waals surface area (Å²) in [5.41, 5.74) is 5.47. The van der Waals surface area contributed by atoms with Gasteiger partial charge < -0.3 is 95.2 Å². The molecule has 6 aliphatic rings. The summed E-state index contributed by atoms with van der Waals surface area (Å²) in [6, 6.07) is -0.373. The minimum Gasteiger partial charge on any atom is -0.390 e. The van der Waals surface area contributed by atoms with Crippen molar-refractivity contribution in [2.75, 3.05) is 14.1 Å². The quantitative estimate of drug-likeness (QED) is 0.124. The maximum Gasteiger partial charge on any atom is 0.184 e. The first-order chi connectivity index (χ1) is 27.3. The maximum absolute atomic E-state index is 10.7. The molecule has 6 rings (SSSR count). The zero-order valence-electron chi connectivity index (χ0n) is 35.3. The number of hydrogen-bond acceptors (Lipinski definition) is 21. The lowest BCUT2D eigenvalue weighted by Gasteiger charge is -2.39. The van der Waals surface area contributed by atoms with Gasteiger partial charge in [0.05, 0.1) is 48.8 Å². The third-order valence-corrected chi connectivity index (χ3v) is 10.1. The van der Waals surface area contributed by atoms with Crippen LogP contribution in [0.2, 0.25) is 0 Å². The van der Waals surface area contributed by atoms with E-state index in [0.29, 0.717) is 38.5 Å². The SMILES string of the molecule is CC1OC(O)C=CC1=O.CC1OC(O)CC(N(C)C)C1O.CC1OC(O)CC(N)C1O.CC1OC(O)CC(O)C1O.CC1OC(O)CCC1=O.CC1OC(O)CCC1O. The van der Waals surface area contributed by atoms with Crippen molar-refractivity contribution in [1.29, 1.82) is 0 Å². The number of Topliss-reactive ketones (excluding diaryl/α,β-unsaturated/α-hetero) is 1. The molecular weight excluding hydrogens is 788 g/mol. The first kappa shape index (κ1) is 55.3. The van der Waals surface area contributed by atoms with Gasteiger partial charge in [0.25, 0.3) is 0 Å². The Morgan fingerprint density at radius 3 is 1.47 bits per heavy atom. The summed E-state index contributed by atoms with van der Waals surface area (Å²) in [6.45, 7) is 10.1. The van der Waals surface area contributed by atoms with Gasteiger partial charge in [0.1, 0.15) is 18.3 Å². The summed E-state index contributed by atoms with van der Waals surface area (Å²) in [4.78, 5) is 23.2. The van der Waals surface area contributed by atoms with Crippen molar-refractivity contribution in [3.63, 3.8) is 0 Å². The topological polar surface area (TPSA) is 341 Å². The lowest BCUT2D eigenvalue weighted by Crippen LogP contribution is -2.52. The molecule has 0 aromatic rings. The van der Waals surface area contributed by atoms with Crippen LogP contribution in [0, 0.1) is 0 Å². The molecule has 0 amide bonds. The highest BCUT2D eigenvalue weighted by molar-refractivity contribution is 5.93. The Morgan fingerprint density at radius 2 is 1.03 bits per heavy atom. The molecule has 0 aromatic carbocycles. The molecule has 13 N–H and O–H groups in total. The summed E-state index contributed by atoms with van der Waals surface area (Å²) >= 11 is 0. The van der Waals surface area contributed by atoms with Crippen LogP contribution in [-0.4, -0.2) is 204 Å². The molecule has 5 fully saturated rings. The van der Waals surface area contributed by atoms with Crippen LogP contribution in [0.15, 0.2) is 12.2 Å². The van der Waals surface area contributed by atoms with E-state index in [2.05, 4.69) is 0 Å². The van der Waals surface area contributed by atoms with Crippen LogP contribution < -0.4 is 5.73 Å². The monoisotopic (exact) mass is 860 g/mol. The normalized spacial score (nSPS) is 43.4.